The third-order valence-corrected chi connectivity index (χ3v) is 3.99. The van der Waals surface area contributed by atoms with Gasteiger partial charge in [-0.25, -0.2) is 4.39 Å². The van der Waals surface area contributed by atoms with Gasteiger partial charge in [-0.3, -0.25) is 0 Å². The zero-order chi connectivity index (χ0) is 13.8. The number of aryl methyl sites for hydroxylation is 2. The maximum absolute atomic E-state index is 13.5. The normalized spacial score (nSPS) is 12.6. The summed E-state index contributed by atoms with van der Waals surface area (Å²) in [4.78, 5) is 1.06. The van der Waals surface area contributed by atoms with E-state index >= 15 is 0 Å². The summed E-state index contributed by atoms with van der Waals surface area (Å²) in [6.45, 7) is 6.92. The Morgan fingerprint density at radius 3 is 2.79 bits per heavy atom. The SMILES string of the molecule is CCCNC(c1cc(F)ccc1C)c1snnc1C. The summed E-state index contributed by atoms with van der Waals surface area (Å²) in [5.74, 6) is -0.209. The Morgan fingerprint density at radius 1 is 1.37 bits per heavy atom. The second-order valence-electron chi connectivity index (χ2n) is 4.61. The Morgan fingerprint density at radius 2 is 2.16 bits per heavy atom. The minimum absolute atomic E-state index is 0.0318. The topological polar surface area (TPSA) is 37.8 Å². The highest BCUT2D eigenvalue weighted by molar-refractivity contribution is 7.05. The monoisotopic (exact) mass is 279 g/mol. The number of aromatic nitrogens is 2. The summed E-state index contributed by atoms with van der Waals surface area (Å²) in [5, 5.41) is 7.52. The highest BCUT2D eigenvalue weighted by Gasteiger charge is 2.20. The van der Waals surface area contributed by atoms with Crippen LogP contribution in [0.2, 0.25) is 0 Å². The van der Waals surface area contributed by atoms with Gasteiger partial charge in [0.2, 0.25) is 0 Å². The molecule has 2 rings (SSSR count). The lowest BCUT2D eigenvalue weighted by molar-refractivity contribution is 0.586. The lowest BCUT2D eigenvalue weighted by atomic mass is 9.99. The molecule has 0 amide bonds. The molecule has 1 aromatic heterocycles. The van der Waals surface area contributed by atoms with Gasteiger partial charge in [0.25, 0.3) is 0 Å². The summed E-state index contributed by atoms with van der Waals surface area (Å²) in [5.41, 5.74) is 2.94. The average molecular weight is 279 g/mol. The van der Waals surface area contributed by atoms with E-state index in [0.29, 0.717) is 0 Å². The molecule has 0 aliphatic rings. The van der Waals surface area contributed by atoms with Crippen molar-refractivity contribution < 1.29 is 4.39 Å². The smallest absolute Gasteiger partial charge is 0.123 e. The first kappa shape index (κ1) is 14.1. The van der Waals surface area contributed by atoms with E-state index in [9.17, 15) is 4.39 Å². The largest absolute Gasteiger partial charge is 0.305 e. The number of nitrogens with zero attached hydrogens (tertiary/aromatic N) is 2. The van der Waals surface area contributed by atoms with E-state index < -0.39 is 0 Å². The molecule has 102 valence electrons. The number of halogens is 1. The quantitative estimate of drug-likeness (QED) is 0.911. The Kier molecular flexibility index (Phi) is 4.61. The molecule has 0 spiro atoms. The molecule has 1 unspecified atom stereocenters. The maximum Gasteiger partial charge on any atom is 0.123 e. The third-order valence-electron chi connectivity index (χ3n) is 3.10. The molecule has 1 aromatic carbocycles. The van der Waals surface area contributed by atoms with Crippen molar-refractivity contribution in [2.24, 2.45) is 0 Å². The van der Waals surface area contributed by atoms with Crippen LogP contribution in [0.25, 0.3) is 0 Å². The van der Waals surface area contributed by atoms with Crippen molar-refractivity contribution in [3.63, 3.8) is 0 Å². The molecule has 1 heterocycles. The first-order valence-corrected chi connectivity index (χ1v) is 7.19. The van der Waals surface area contributed by atoms with E-state index in [4.69, 9.17) is 0 Å². The summed E-state index contributed by atoms with van der Waals surface area (Å²) in [7, 11) is 0. The molecule has 2 aromatic rings. The van der Waals surface area contributed by atoms with Crippen LogP contribution in [0.5, 0.6) is 0 Å². The van der Waals surface area contributed by atoms with Gasteiger partial charge in [-0.15, -0.1) is 5.10 Å². The third kappa shape index (κ3) is 3.16. The van der Waals surface area contributed by atoms with Crippen LogP contribution >= 0.6 is 11.5 Å². The molecule has 19 heavy (non-hydrogen) atoms. The molecular formula is C14H18FN3S. The molecule has 0 fully saturated rings. The molecule has 0 saturated heterocycles. The molecule has 0 bridgehead atoms. The van der Waals surface area contributed by atoms with E-state index in [1.165, 1.54) is 17.6 Å². The summed E-state index contributed by atoms with van der Waals surface area (Å²) in [6, 6.07) is 4.88. The van der Waals surface area contributed by atoms with Gasteiger partial charge in [-0.2, -0.15) is 0 Å². The van der Waals surface area contributed by atoms with Crippen molar-refractivity contribution in [3.05, 3.63) is 45.7 Å². The second-order valence-corrected chi connectivity index (χ2v) is 5.40. The summed E-state index contributed by atoms with van der Waals surface area (Å²) >= 11 is 1.37. The minimum Gasteiger partial charge on any atom is -0.305 e. The van der Waals surface area contributed by atoms with Gasteiger partial charge in [0.15, 0.2) is 0 Å². The van der Waals surface area contributed by atoms with E-state index in [0.717, 1.165) is 34.7 Å². The van der Waals surface area contributed by atoms with E-state index in [2.05, 4.69) is 21.8 Å². The van der Waals surface area contributed by atoms with Crippen molar-refractivity contribution >= 4 is 11.5 Å². The molecule has 5 heteroatoms. The Hall–Kier alpha value is -1.33. The zero-order valence-electron chi connectivity index (χ0n) is 11.4. The van der Waals surface area contributed by atoms with Crippen molar-refractivity contribution in [2.45, 2.75) is 33.2 Å². The number of hydrogen-bond donors (Lipinski definition) is 1. The predicted octanol–water partition coefficient (Wildman–Crippen LogP) is 3.38. The van der Waals surface area contributed by atoms with Crippen LogP contribution < -0.4 is 5.32 Å². The Balaban J connectivity index is 2.42. The average Bonchev–Trinajstić information content (AvgIpc) is 2.80. The van der Waals surface area contributed by atoms with Gasteiger partial charge >= 0.3 is 0 Å². The summed E-state index contributed by atoms with van der Waals surface area (Å²) < 4.78 is 17.5. The van der Waals surface area contributed by atoms with Crippen LogP contribution in [-0.2, 0) is 0 Å². The van der Waals surface area contributed by atoms with Gasteiger partial charge in [0.1, 0.15) is 5.82 Å². The fraction of sp³-hybridized carbons (Fsp3) is 0.429. The van der Waals surface area contributed by atoms with E-state index in [1.54, 1.807) is 6.07 Å². The van der Waals surface area contributed by atoms with Crippen molar-refractivity contribution in [2.75, 3.05) is 6.54 Å². The number of nitrogens with one attached hydrogen (secondary N) is 1. The van der Waals surface area contributed by atoms with Crippen LogP contribution in [0.1, 0.15) is 41.1 Å². The van der Waals surface area contributed by atoms with E-state index in [-0.39, 0.29) is 11.9 Å². The first-order chi connectivity index (χ1) is 9.13. The van der Waals surface area contributed by atoms with Gasteiger partial charge in [-0.05, 0) is 61.6 Å². The predicted molar refractivity (Wildman–Crippen MR) is 75.9 cm³/mol. The molecular weight excluding hydrogens is 261 g/mol. The number of rotatable bonds is 5. The zero-order valence-corrected chi connectivity index (χ0v) is 12.2. The van der Waals surface area contributed by atoms with Gasteiger partial charge in [0, 0.05) is 0 Å². The van der Waals surface area contributed by atoms with E-state index in [1.807, 2.05) is 19.9 Å². The fourth-order valence-electron chi connectivity index (χ4n) is 2.06. The Bertz CT molecular complexity index is 553. The van der Waals surface area contributed by atoms with Crippen LogP contribution in [-0.4, -0.2) is 16.1 Å². The standard InChI is InChI=1S/C14H18FN3S/c1-4-7-16-13(14-10(3)17-18-19-14)12-8-11(15)6-5-9(12)2/h5-6,8,13,16H,4,7H2,1-3H3. The minimum atomic E-state index is -0.209. The second kappa shape index (κ2) is 6.21. The maximum atomic E-state index is 13.5. The van der Waals surface area contributed by atoms with Crippen LogP contribution in [0.3, 0.4) is 0 Å². The molecule has 1 atom stereocenters. The molecule has 0 aliphatic heterocycles. The molecule has 0 saturated carbocycles. The van der Waals surface area contributed by atoms with Gasteiger partial charge in [0.05, 0.1) is 16.6 Å². The van der Waals surface area contributed by atoms with Crippen molar-refractivity contribution in [1.82, 2.24) is 14.9 Å². The van der Waals surface area contributed by atoms with Crippen LogP contribution in [0.4, 0.5) is 4.39 Å². The lowest BCUT2D eigenvalue weighted by Crippen LogP contribution is -2.24. The van der Waals surface area contributed by atoms with Gasteiger partial charge < -0.3 is 5.32 Å². The van der Waals surface area contributed by atoms with Crippen molar-refractivity contribution in [3.8, 4) is 0 Å². The van der Waals surface area contributed by atoms with Crippen LogP contribution in [0.15, 0.2) is 18.2 Å². The highest BCUT2D eigenvalue weighted by atomic mass is 32.1. The molecule has 0 radical (unpaired) electrons. The van der Waals surface area contributed by atoms with Crippen LogP contribution in [0, 0.1) is 19.7 Å². The number of benzene rings is 1. The van der Waals surface area contributed by atoms with Gasteiger partial charge in [-0.1, -0.05) is 17.5 Å². The number of hydrogen-bond acceptors (Lipinski definition) is 4. The molecule has 0 aliphatic carbocycles. The summed E-state index contributed by atoms with van der Waals surface area (Å²) in [6.07, 6.45) is 1.02. The lowest BCUT2D eigenvalue weighted by Gasteiger charge is -2.20. The fourth-order valence-corrected chi connectivity index (χ4v) is 2.80. The molecule has 3 nitrogen and oxygen atoms in total. The Labute approximate surface area is 117 Å². The molecule has 1 N–H and O–H groups in total. The first-order valence-electron chi connectivity index (χ1n) is 6.41. The highest BCUT2D eigenvalue weighted by Crippen LogP contribution is 2.29. The van der Waals surface area contributed by atoms with Crippen molar-refractivity contribution in [1.29, 1.82) is 0 Å².